The van der Waals surface area contributed by atoms with Crippen molar-refractivity contribution in [1.82, 2.24) is 5.32 Å². The normalized spacial score (nSPS) is 10.2. The molecule has 0 rings (SSSR count). The molecule has 2 heteroatoms. The highest BCUT2D eigenvalue weighted by molar-refractivity contribution is 4.91. The molecule has 0 bridgehead atoms. The van der Waals surface area contributed by atoms with Crippen molar-refractivity contribution in [1.29, 1.82) is 0 Å². The fraction of sp³-hybridized carbons (Fsp3) is 0.778. The summed E-state index contributed by atoms with van der Waals surface area (Å²) in [4.78, 5) is 0. The molecule has 0 aliphatic rings. The van der Waals surface area contributed by atoms with E-state index in [1.165, 1.54) is 0 Å². The van der Waals surface area contributed by atoms with Gasteiger partial charge in [0.2, 0.25) is 0 Å². The van der Waals surface area contributed by atoms with Crippen molar-refractivity contribution in [3.05, 3.63) is 12.3 Å². The number of nitrogens with one attached hydrogen (secondary N) is 1. The van der Waals surface area contributed by atoms with Crippen LogP contribution in [0.25, 0.3) is 0 Å². The van der Waals surface area contributed by atoms with E-state index in [1.807, 2.05) is 0 Å². The maximum absolute atomic E-state index is 4.89. The molecular formula is C9H19NO. The third kappa shape index (κ3) is 7.40. The number of allylic oxidation sites excluding steroid dienone is 1. The lowest BCUT2D eigenvalue weighted by molar-refractivity contribution is 0.201. The molecule has 0 heterocycles. The largest absolute Gasteiger partial charge is 0.386 e. The lowest BCUT2D eigenvalue weighted by atomic mass is 10.1. The quantitative estimate of drug-likeness (QED) is 0.593. The Morgan fingerprint density at radius 3 is 2.64 bits per heavy atom. The summed E-state index contributed by atoms with van der Waals surface area (Å²) in [7, 11) is 1.70. The van der Waals surface area contributed by atoms with Gasteiger partial charge in [0.05, 0.1) is 6.61 Å². The van der Waals surface area contributed by atoms with E-state index in [4.69, 9.17) is 4.74 Å². The second kappa shape index (κ2) is 6.23. The zero-order valence-corrected chi connectivity index (χ0v) is 7.81. The van der Waals surface area contributed by atoms with Crippen molar-refractivity contribution in [3.8, 4) is 0 Å². The van der Waals surface area contributed by atoms with Crippen LogP contribution in [0.15, 0.2) is 12.3 Å². The number of methoxy groups -OCH3 is 1. The van der Waals surface area contributed by atoms with Gasteiger partial charge < -0.3 is 10.1 Å². The van der Waals surface area contributed by atoms with Crippen LogP contribution in [0, 0.1) is 5.92 Å². The molecule has 0 radical (unpaired) electrons. The summed E-state index contributed by atoms with van der Waals surface area (Å²) in [5.41, 5.74) is 1.11. The van der Waals surface area contributed by atoms with Gasteiger partial charge in [-0.15, -0.1) is 0 Å². The topological polar surface area (TPSA) is 21.3 Å². The van der Waals surface area contributed by atoms with Crippen LogP contribution in [-0.2, 0) is 4.74 Å². The molecule has 0 aliphatic carbocycles. The minimum absolute atomic E-state index is 0.678. The highest BCUT2D eigenvalue weighted by Gasteiger charge is 1.96. The van der Waals surface area contributed by atoms with E-state index < -0.39 is 0 Å². The molecule has 0 saturated heterocycles. The number of hydrogen-bond acceptors (Lipinski definition) is 2. The second-order valence-corrected chi connectivity index (χ2v) is 3.12. The molecule has 66 valence electrons. The van der Waals surface area contributed by atoms with E-state index in [0.29, 0.717) is 5.92 Å². The van der Waals surface area contributed by atoms with Gasteiger partial charge in [-0.25, -0.2) is 0 Å². The zero-order valence-electron chi connectivity index (χ0n) is 7.81. The second-order valence-electron chi connectivity index (χ2n) is 3.12. The first-order chi connectivity index (χ1) is 5.16. The van der Waals surface area contributed by atoms with Gasteiger partial charge in [0.1, 0.15) is 0 Å². The number of rotatable bonds is 6. The van der Waals surface area contributed by atoms with E-state index >= 15 is 0 Å². The summed E-state index contributed by atoms with van der Waals surface area (Å²) in [6, 6.07) is 0. The first kappa shape index (κ1) is 10.5. The van der Waals surface area contributed by atoms with Crippen LogP contribution < -0.4 is 5.32 Å². The van der Waals surface area contributed by atoms with E-state index in [9.17, 15) is 0 Å². The van der Waals surface area contributed by atoms with Crippen molar-refractivity contribution in [2.45, 2.75) is 20.3 Å². The van der Waals surface area contributed by atoms with Crippen LogP contribution in [0.4, 0.5) is 0 Å². The first-order valence-electron chi connectivity index (χ1n) is 4.07. The molecular weight excluding hydrogens is 138 g/mol. The van der Waals surface area contributed by atoms with E-state index in [-0.39, 0.29) is 0 Å². The Labute approximate surface area is 69.6 Å². The molecule has 2 nitrogen and oxygen atoms in total. The van der Waals surface area contributed by atoms with Crippen molar-refractivity contribution >= 4 is 0 Å². The van der Waals surface area contributed by atoms with E-state index in [1.54, 1.807) is 7.11 Å². The van der Waals surface area contributed by atoms with Crippen LogP contribution >= 0.6 is 0 Å². The smallest absolute Gasteiger partial charge is 0.0635 e. The predicted molar refractivity (Wildman–Crippen MR) is 48.5 cm³/mol. The van der Waals surface area contributed by atoms with Crippen molar-refractivity contribution in [2.24, 2.45) is 5.92 Å². The van der Waals surface area contributed by atoms with Gasteiger partial charge in [-0.1, -0.05) is 20.4 Å². The van der Waals surface area contributed by atoms with Crippen molar-refractivity contribution in [3.63, 3.8) is 0 Å². The van der Waals surface area contributed by atoms with Crippen LogP contribution in [-0.4, -0.2) is 20.3 Å². The van der Waals surface area contributed by atoms with Crippen LogP contribution in [0.3, 0.4) is 0 Å². The summed E-state index contributed by atoms with van der Waals surface area (Å²) in [6.45, 7) is 9.88. The molecule has 0 spiro atoms. The Morgan fingerprint density at radius 1 is 1.55 bits per heavy atom. The lowest BCUT2D eigenvalue weighted by Crippen LogP contribution is -2.18. The highest BCUT2D eigenvalue weighted by atomic mass is 16.5. The third-order valence-electron chi connectivity index (χ3n) is 1.34. The molecule has 0 aliphatic heterocycles. The van der Waals surface area contributed by atoms with E-state index in [0.717, 1.165) is 25.3 Å². The van der Waals surface area contributed by atoms with Gasteiger partial charge >= 0.3 is 0 Å². The Morgan fingerprint density at radius 2 is 2.18 bits per heavy atom. The van der Waals surface area contributed by atoms with Crippen LogP contribution in [0.5, 0.6) is 0 Å². The Kier molecular flexibility index (Phi) is 5.94. The van der Waals surface area contributed by atoms with Crippen LogP contribution in [0.1, 0.15) is 20.3 Å². The molecule has 0 amide bonds. The summed E-state index contributed by atoms with van der Waals surface area (Å²) < 4.78 is 4.89. The van der Waals surface area contributed by atoms with Crippen molar-refractivity contribution in [2.75, 3.05) is 20.3 Å². The number of ether oxygens (including phenoxy) is 1. The van der Waals surface area contributed by atoms with Gasteiger partial charge in [-0.3, -0.25) is 0 Å². The molecule has 0 aromatic rings. The monoisotopic (exact) mass is 157 g/mol. The number of hydrogen-bond donors (Lipinski definition) is 1. The van der Waals surface area contributed by atoms with Crippen molar-refractivity contribution < 1.29 is 4.74 Å². The minimum Gasteiger partial charge on any atom is -0.386 e. The molecule has 1 N–H and O–H groups in total. The van der Waals surface area contributed by atoms with E-state index in [2.05, 4.69) is 25.7 Å². The van der Waals surface area contributed by atoms with Gasteiger partial charge in [0.25, 0.3) is 0 Å². The Balaban J connectivity index is 3.23. The third-order valence-corrected chi connectivity index (χ3v) is 1.34. The maximum Gasteiger partial charge on any atom is 0.0635 e. The molecule has 0 fully saturated rings. The minimum atomic E-state index is 0.678. The molecule has 11 heavy (non-hydrogen) atoms. The molecule has 0 aromatic carbocycles. The zero-order chi connectivity index (χ0) is 8.69. The fourth-order valence-electron chi connectivity index (χ4n) is 0.895. The Hall–Kier alpha value is -0.500. The molecule has 0 atom stereocenters. The molecule has 0 aromatic heterocycles. The van der Waals surface area contributed by atoms with Gasteiger partial charge in [-0.05, 0) is 12.3 Å². The predicted octanol–water partition coefficient (Wildman–Crippen LogP) is 1.78. The van der Waals surface area contributed by atoms with Gasteiger partial charge in [0.15, 0.2) is 0 Å². The summed E-state index contributed by atoms with van der Waals surface area (Å²) in [5.74, 6) is 0.678. The first-order valence-corrected chi connectivity index (χ1v) is 4.07. The standard InChI is InChI=1S/C9H19NO/c1-8(2)7-9(3)10-5-6-11-4/h8,10H,3,5-7H2,1-2,4H3. The summed E-state index contributed by atoms with van der Waals surface area (Å²) >= 11 is 0. The molecule has 0 unspecified atom stereocenters. The fourth-order valence-corrected chi connectivity index (χ4v) is 0.895. The Bertz CT molecular complexity index is 110. The van der Waals surface area contributed by atoms with Gasteiger partial charge in [0, 0.05) is 19.4 Å². The molecule has 0 saturated carbocycles. The average Bonchev–Trinajstić information content (AvgIpc) is 1.86. The average molecular weight is 157 g/mol. The summed E-state index contributed by atoms with van der Waals surface area (Å²) in [5, 5.41) is 3.20. The van der Waals surface area contributed by atoms with Crippen LogP contribution in [0.2, 0.25) is 0 Å². The maximum atomic E-state index is 4.89. The lowest BCUT2D eigenvalue weighted by Gasteiger charge is -2.10. The SMILES string of the molecule is C=C(CC(C)C)NCCOC. The van der Waals surface area contributed by atoms with Gasteiger partial charge in [-0.2, -0.15) is 0 Å². The summed E-state index contributed by atoms with van der Waals surface area (Å²) in [6.07, 6.45) is 1.05. The highest BCUT2D eigenvalue weighted by Crippen LogP contribution is 2.04.